The molecule has 9 nitrogen and oxygen atoms in total. The zero-order chi connectivity index (χ0) is 29.3. The Morgan fingerprint density at radius 3 is 2.27 bits per heavy atom. The van der Waals surface area contributed by atoms with Crippen LogP contribution in [0.3, 0.4) is 0 Å². The second-order valence-corrected chi connectivity index (χ2v) is 11.8. The monoisotopic (exact) mass is 631 g/mol. The molecular weight excluding hydrogens is 598 g/mol. The molecule has 0 aromatic heterocycles. The number of carbonyl (C=O) groups is 2. The third-order valence-corrected chi connectivity index (χ3v) is 8.50. The van der Waals surface area contributed by atoms with Gasteiger partial charge in [0.2, 0.25) is 11.8 Å². The molecule has 1 atom stereocenters. The molecule has 0 heterocycles. The number of amides is 2. The maximum Gasteiger partial charge on any atom is 0.264 e. The van der Waals surface area contributed by atoms with E-state index in [9.17, 15) is 18.0 Å². The number of benzene rings is 3. The van der Waals surface area contributed by atoms with E-state index in [4.69, 9.17) is 9.47 Å². The van der Waals surface area contributed by atoms with Gasteiger partial charge in [0.25, 0.3) is 10.0 Å². The summed E-state index contributed by atoms with van der Waals surface area (Å²) in [4.78, 5) is 28.3. The number of nitrogens with one attached hydrogen (secondary N) is 1. The maximum absolute atomic E-state index is 14.0. The maximum atomic E-state index is 14.0. The van der Waals surface area contributed by atoms with Gasteiger partial charge in [0.1, 0.15) is 12.6 Å². The molecule has 0 aliphatic heterocycles. The molecule has 214 valence electrons. The lowest BCUT2D eigenvalue weighted by Gasteiger charge is -2.32. The van der Waals surface area contributed by atoms with Crippen LogP contribution in [0.15, 0.2) is 82.2 Å². The summed E-state index contributed by atoms with van der Waals surface area (Å²) in [5.74, 6) is -0.159. The second-order valence-electron chi connectivity index (χ2n) is 8.98. The molecule has 0 bridgehead atoms. The van der Waals surface area contributed by atoms with Gasteiger partial charge in [0, 0.05) is 23.6 Å². The average molecular weight is 633 g/mol. The van der Waals surface area contributed by atoms with Crippen molar-refractivity contribution in [3.8, 4) is 11.5 Å². The molecule has 0 saturated carbocycles. The van der Waals surface area contributed by atoms with Crippen LogP contribution < -0.4 is 19.1 Å². The normalized spacial score (nSPS) is 11.8. The van der Waals surface area contributed by atoms with Crippen molar-refractivity contribution in [1.29, 1.82) is 0 Å². The molecule has 0 aliphatic rings. The molecular formula is C29H34BrN3O6S. The second kappa shape index (κ2) is 14.2. The van der Waals surface area contributed by atoms with Gasteiger partial charge in [-0.15, -0.1) is 0 Å². The van der Waals surface area contributed by atoms with Crippen LogP contribution in [-0.2, 0) is 26.2 Å². The number of methoxy groups -OCH3 is 2. The first kappa shape index (κ1) is 31.0. The Bertz CT molecular complexity index is 1420. The van der Waals surface area contributed by atoms with Crippen LogP contribution in [0.4, 0.5) is 5.69 Å². The van der Waals surface area contributed by atoms with Crippen LogP contribution in [-0.4, -0.2) is 58.5 Å². The summed E-state index contributed by atoms with van der Waals surface area (Å²) in [5.41, 5.74) is 0.988. The zero-order valence-corrected chi connectivity index (χ0v) is 25.4. The van der Waals surface area contributed by atoms with Crippen molar-refractivity contribution in [3.05, 3.63) is 82.8 Å². The van der Waals surface area contributed by atoms with Crippen molar-refractivity contribution in [2.24, 2.45) is 0 Å². The van der Waals surface area contributed by atoms with Gasteiger partial charge < -0.3 is 19.7 Å². The van der Waals surface area contributed by atoms with E-state index in [0.29, 0.717) is 18.0 Å². The van der Waals surface area contributed by atoms with Gasteiger partial charge in [0.15, 0.2) is 11.5 Å². The van der Waals surface area contributed by atoms with E-state index in [0.717, 1.165) is 20.8 Å². The summed E-state index contributed by atoms with van der Waals surface area (Å²) in [6.45, 7) is 3.58. The molecule has 0 saturated heterocycles. The molecule has 0 aliphatic carbocycles. The molecule has 0 spiro atoms. The quantitative estimate of drug-likeness (QED) is 0.295. The highest BCUT2D eigenvalue weighted by atomic mass is 79.9. The molecule has 0 fully saturated rings. The Balaban J connectivity index is 2.06. The van der Waals surface area contributed by atoms with Crippen LogP contribution in [0, 0.1) is 0 Å². The fourth-order valence-corrected chi connectivity index (χ4v) is 5.91. The van der Waals surface area contributed by atoms with Crippen LogP contribution in [0.1, 0.15) is 25.8 Å². The van der Waals surface area contributed by atoms with Crippen LogP contribution in [0.25, 0.3) is 0 Å². The van der Waals surface area contributed by atoms with Gasteiger partial charge in [-0.05, 0) is 55.3 Å². The Hall–Kier alpha value is -3.57. The fraction of sp³-hybridized carbons (Fsp3) is 0.310. The predicted octanol–water partition coefficient (Wildman–Crippen LogP) is 4.61. The highest BCUT2D eigenvalue weighted by Gasteiger charge is 2.33. The van der Waals surface area contributed by atoms with E-state index in [1.807, 2.05) is 31.2 Å². The Morgan fingerprint density at radius 1 is 0.950 bits per heavy atom. The van der Waals surface area contributed by atoms with Gasteiger partial charge in [0.05, 0.1) is 24.8 Å². The molecule has 1 N–H and O–H groups in total. The van der Waals surface area contributed by atoms with E-state index >= 15 is 0 Å². The lowest BCUT2D eigenvalue weighted by molar-refractivity contribution is -0.139. The highest BCUT2D eigenvalue weighted by Crippen LogP contribution is 2.34. The molecule has 0 unspecified atom stereocenters. The van der Waals surface area contributed by atoms with Gasteiger partial charge in [-0.2, -0.15) is 0 Å². The molecule has 0 radical (unpaired) electrons. The average Bonchev–Trinajstić information content (AvgIpc) is 2.96. The topological polar surface area (TPSA) is 105 Å². The summed E-state index contributed by atoms with van der Waals surface area (Å²) < 4.78 is 40.3. The van der Waals surface area contributed by atoms with Gasteiger partial charge >= 0.3 is 0 Å². The molecule has 11 heteroatoms. The Morgan fingerprint density at radius 2 is 1.65 bits per heavy atom. The highest BCUT2D eigenvalue weighted by molar-refractivity contribution is 9.10. The largest absolute Gasteiger partial charge is 0.493 e. The number of ether oxygens (including phenoxy) is 2. The van der Waals surface area contributed by atoms with Crippen molar-refractivity contribution in [1.82, 2.24) is 10.2 Å². The minimum atomic E-state index is -4.19. The predicted molar refractivity (Wildman–Crippen MR) is 158 cm³/mol. The first-order valence-corrected chi connectivity index (χ1v) is 15.0. The lowest BCUT2D eigenvalue weighted by Crippen LogP contribution is -2.51. The first-order valence-electron chi connectivity index (χ1n) is 12.7. The molecule has 3 rings (SSSR count). The summed E-state index contributed by atoms with van der Waals surface area (Å²) in [6.07, 6.45) is 0.737. The molecule has 2 amide bonds. The number of halogens is 1. The van der Waals surface area contributed by atoms with Crippen molar-refractivity contribution >= 4 is 43.5 Å². The third kappa shape index (κ3) is 7.54. The van der Waals surface area contributed by atoms with Crippen molar-refractivity contribution < 1.29 is 27.5 Å². The van der Waals surface area contributed by atoms with E-state index in [2.05, 4.69) is 21.2 Å². The SMILES string of the molecule is CCCNC(=O)[C@@H](C)N(Cc1cccc(Br)c1)C(=O)CN(c1ccc(OC)c(OC)c1)S(=O)(=O)c1ccccc1. The van der Waals surface area contributed by atoms with Gasteiger partial charge in [-0.3, -0.25) is 13.9 Å². The number of hydrogen-bond donors (Lipinski definition) is 1. The molecule has 3 aromatic carbocycles. The first-order chi connectivity index (χ1) is 19.1. The summed E-state index contributed by atoms with van der Waals surface area (Å²) in [7, 11) is -1.27. The molecule has 3 aromatic rings. The number of hydrogen-bond acceptors (Lipinski definition) is 6. The van der Waals surface area contributed by atoms with Crippen LogP contribution in [0.5, 0.6) is 11.5 Å². The van der Waals surface area contributed by atoms with E-state index < -0.39 is 28.5 Å². The zero-order valence-electron chi connectivity index (χ0n) is 23.0. The number of nitrogens with zero attached hydrogens (tertiary/aromatic N) is 2. The van der Waals surface area contributed by atoms with Crippen LogP contribution in [0.2, 0.25) is 0 Å². The van der Waals surface area contributed by atoms with Crippen molar-refractivity contribution in [3.63, 3.8) is 0 Å². The minimum absolute atomic E-state index is 0.0184. The number of rotatable bonds is 13. The lowest BCUT2D eigenvalue weighted by atomic mass is 10.1. The van der Waals surface area contributed by atoms with Crippen molar-refractivity contribution in [2.75, 3.05) is 31.6 Å². The Labute approximate surface area is 244 Å². The Kier molecular flexibility index (Phi) is 11.0. The number of sulfonamides is 1. The van der Waals surface area contributed by atoms with Crippen LogP contribution >= 0.6 is 15.9 Å². The van der Waals surface area contributed by atoms with E-state index in [1.165, 1.54) is 37.3 Å². The summed E-state index contributed by atoms with van der Waals surface area (Å²) in [6, 6.07) is 19.0. The smallest absolute Gasteiger partial charge is 0.264 e. The molecule has 40 heavy (non-hydrogen) atoms. The van der Waals surface area contributed by atoms with E-state index in [1.54, 1.807) is 37.3 Å². The van der Waals surface area contributed by atoms with Gasteiger partial charge in [-0.25, -0.2) is 8.42 Å². The standard InChI is InChI=1S/C29H34BrN3O6S/c1-5-16-31-29(35)21(2)32(19-22-10-9-11-23(30)17-22)28(34)20-33(40(36,37)25-12-7-6-8-13-25)24-14-15-26(38-3)27(18-24)39-4/h6-15,17-18,21H,5,16,19-20H2,1-4H3,(H,31,35)/t21-/m1/s1. The third-order valence-electron chi connectivity index (χ3n) is 6.22. The van der Waals surface area contributed by atoms with Crippen molar-refractivity contribution in [2.45, 2.75) is 37.8 Å². The van der Waals surface area contributed by atoms with E-state index in [-0.39, 0.29) is 23.0 Å². The minimum Gasteiger partial charge on any atom is -0.493 e. The fourth-order valence-electron chi connectivity index (χ4n) is 4.04. The number of anilines is 1. The summed E-state index contributed by atoms with van der Waals surface area (Å²) >= 11 is 3.45. The van der Waals surface area contributed by atoms with Gasteiger partial charge in [-0.1, -0.05) is 53.2 Å². The number of carbonyl (C=O) groups excluding carboxylic acids is 2. The summed E-state index contributed by atoms with van der Waals surface area (Å²) in [5, 5.41) is 2.83.